The molecular weight excluding hydrogens is 244 g/mol. The molecule has 0 aromatic heterocycles. The van der Waals surface area contributed by atoms with Gasteiger partial charge in [-0.1, -0.05) is 37.5 Å². The van der Waals surface area contributed by atoms with Crippen LogP contribution in [0.25, 0.3) is 0 Å². The van der Waals surface area contributed by atoms with Gasteiger partial charge in [0, 0.05) is 5.57 Å². The maximum atomic E-state index is 11.7. The van der Waals surface area contributed by atoms with E-state index in [0.29, 0.717) is 0 Å². The first-order valence-corrected chi connectivity index (χ1v) is 8.39. The fraction of sp³-hybridized carbons (Fsp3) is 0.632. The third kappa shape index (κ3) is 1.78. The highest BCUT2D eigenvalue weighted by molar-refractivity contribution is 6.00. The summed E-state index contributed by atoms with van der Waals surface area (Å²) in [7, 11) is 0. The molecule has 0 N–H and O–H groups in total. The molecule has 20 heavy (non-hydrogen) atoms. The van der Waals surface area contributed by atoms with E-state index in [4.69, 9.17) is 0 Å². The molecule has 0 amide bonds. The van der Waals surface area contributed by atoms with Crippen LogP contribution in [0.5, 0.6) is 0 Å². The summed E-state index contributed by atoms with van der Waals surface area (Å²) in [5.41, 5.74) is 3.74. The summed E-state index contributed by atoms with van der Waals surface area (Å²) in [4.78, 5) is 11.7. The van der Waals surface area contributed by atoms with E-state index >= 15 is 0 Å². The van der Waals surface area contributed by atoms with Crippen LogP contribution in [-0.2, 0) is 4.79 Å². The highest BCUT2D eigenvalue weighted by atomic mass is 16.1. The van der Waals surface area contributed by atoms with Crippen molar-refractivity contribution in [3.8, 4) is 0 Å². The van der Waals surface area contributed by atoms with Crippen molar-refractivity contribution in [1.82, 2.24) is 0 Å². The largest absolute Gasteiger partial charge is 0.294 e. The SMILES string of the molecule is CC(=O)C1=CC=C2C1=CCC1C2CCC2CCCCC21. The van der Waals surface area contributed by atoms with E-state index in [0.717, 1.165) is 29.2 Å². The zero-order valence-electron chi connectivity index (χ0n) is 12.4. The second-order valence-corrected chi connectivity index (χ2v) is 7.17. The van der Waals surface area contributed by atoms with E-state index in [1.165, 1.54) is 56.1 Å². The Bertz CT molecular complexity index is 534. The number of hydrogen-bond donors (Lipinski definition) is 0. The molecule has 0 saturated heterocycles. The van der Waals surface area contributed by atoms with E-state index in [-0.39, 0.29) is 5.78 Å². The fourth-order valence-electron chi connectivity index (χ4n) is 5.41. The molecule has 1 nitrogen and oxygen atoms in total. The molecule has 2 fully saturated rings. The van der Waals surface area contributed by atoms with Gasteiger partial charge in [0.05, 0.1) is 0 Å². The number of Topliss-reactive ketones (excluding diaryl/α,β-unsaturated/α-hetero) is 1. The highest BCUT2D eigenvalue weighted by Crippen LogP contribution is 2.54. The van der Waals surface area contributed by atoms with Crippen LogP contribution in [-0.4, -0.2) is 5.78 Å². The molecule has 4 rings (SSSR count). The number of rotatable bonds is 1. The van der Waals surface area contributed by atoms with Crippen LogP contribution in [0.2, 0.25) is 0 Å². The summed E-state index contributed by atoms with van der Waals surface area (Å²) < 4.78 is 0. The summed E-state index contributed by atoms with van der Waals surface area (Å²) in [5.74, 6) is 3.79. The molecule has 0 radical (unpaired) electrons. The molecule has 1 heteroatoms. The molecule has 4 atom stereocenters. The minimum absolute atomic E-state index is 0.229. The van der Waals surface area contributed by atoms with Crippen LogP contribution in [0.4, 0.5) is 0 Å². The van der Waals surface area contributed by atoms with Gasteiger partial charge in [0.2, 0.25) is 0 Å². The number of carbonyl (C=O) groups excluding carboxylic acids is 1. The molecule has 4 aliphatic carbocycles. The Labute approximate surface area is 121 Å². The smallest absolute Gasteiger partial charge is 0.160 e. The van der Waals surface area contributed by atoms with E-state index in [9.17, 15) is 4.79 Å². The number of fused-ring (bicyclic) bond motifs is 5. The first-order chi connectivity index (χ1) is 9.75. The van der Waals surface area contributed by atoms with Crippen molar-refractivity contribution in [2.75, 3.05) is 0 Å². The van der Waals surface area contributed by atoms with Crippen molar-refractivity contribution < 1.29 is 4.79 Å². The zero-order valence-corrected chi connectivity index (χ0v) is 12.4. The molecule has 0 aromatic carbocycles. The predicted molar refractivity (Wildman–Crippen MR) is 81.2 cm³/mol. The molecule has 0 bridgehead atoms. The predicted octanol–water partition coefficient (Wildman–Crippen LogP) is 4.60. The standard InChI is InChI=1S/C19H24O/c1-12(20)14-8-9-19-16(14)10-11-17-15-5-3-2-4-13(15)6-7-18(17)19/h8-10,13,15,17-18H,2-7,11H2,1H3. The third-order valence-electron chi connectivity index (χ3n) is 6.29. The fourth-order valence-corrected chi connectivity index (χ4v) is 5.41. The maximum absolute atomic E-state index is 11.7. The lowest BCUT2D eigenvalue weighted by Gasteiger charge is -2.48. The van der Waals surface area contributed by atoms with Gasteiger partial charge in [-0.3, -0.25) is 4.79 Å². The average molecular weight is 268 g/mol. The van der Waals surface area contributed by atoms with Crippen LogP contribution in [0.1, 0.15) is 51.9 Å². The van der Waals surface area contributed by atoms with Crippen LogP contribution >= 0.6 is 0 Å². The van der Waals surface area contributed by atoms with Crippen LogP contribution in [0, 0.1) is 23.7 Å². The quantitative estimate of drug-likeness (QED) is 0.679. The number of allylic oxidation sites excluding steroid dienone is 6. The Morgan fingerprint density at radius 3 is 2.75 bits per heavy atom. The van der Waals surface area contributed by atoms with E-state index < -0.39 is 0 Å². The summed E-state index contributed by atoms with van der Waals surface area (Å²) in [6, 6.07) is 0. The van der Waals surface area contributed by atoms with Gasteiger partial charge in [0.15, 0.2) is 5.78 Å². The Kier molecular flexibility index (Phi) is 2.98. The van der Waals surface area contributed by atoms with Crippen LogP contribution < -0.4 is 0 Å². The van der Waals surface area contributed by atoms with Gasteiger partial charge in [-0.15, -0.1) is 0 Å². The third-order valence-corrected chi connectivity index (χ3v) is 6.29. The molecule has 4 aliphatic rings. The highest BCUT2D eigenvalue weighted by Gasteiger charge is 2.44. The van der Waals surface area contributed by atoms with Gasteiger partial charge in [0.25, 0.3) is 0 Å². The lowest BCUT2D eigenvalue weighted by Crippen LogP contribution is -2.38. The van der Waals surface area contributed by atoms with Crippen molar-refractivity contribution in [2.45, 2.75) is 51.9 Å². The second-order valence-electron chi connectivity index (χ2n) is 7.17. The lowest BCUT2D eigenvalue weighted by atomic mass is 9.57. The number of hydrogen-bond acceptors (Lipinski definition) is 1. The van der Waals surface area contributed by atoms with E-state index in [2.05, 4.69) is 18.2 Å². The first-order valence-electron chi connectivity index (χ1n) is 8.39. The van der Waals surface area contributed by atoms with E-state index in [1.54, 1.807) is 6.92 Å². The lowest BCUT2D eigenvalue weighted by molar-refractivity contribution is -0.113. The molecule has 2 saturated carbocycles. The van der Waals surface area contributed by atoms with E-state index in [1.807, 2.05) is 0 Å². The van der Waals surface area contributed by atoms with Gasteiger partial charge in [-0.05, 0) is 67.4 Å². The van der Waals surface area contributed by atoms with Crippen molar-refractivity contribution in [2.24, 2.45) is 23.7 Å². The van der Waals surface area contributed by atoms with Gasteiger partial charge >= 0.3 is 0 Å². The molecule has 106 valence electrons. The summed E-state index contributed by atoms with van der Waals surface area (Å²) in [6.07, 6.45) is 16.5. The van der Waals surface area contributed by atoms with Crippen LogP contribution in [0.15, 0.2) is 34.9 Å². The molecule has 0 aliphatic heterocycles. The van der Waals surface area contributed by atoms with Gasteiger partial charge in [0.1, 0.15) is 0 Å². The normalized spacial score (nSPS) is 39.0. The number of carbonyl (C=O) groups is 1. The van der Waals surface area contributed by atoms with Crippen molar-refractivity contribution >= 4 is 5.78 Å². The zero-order chi connectivity index (χ0) is 13.7. The molecular formula is C19H24O. The maximum Gasteiger partial charge on any atom is 0.160 e. The first kappa shape index (κ1) is 12.6. The van der Waals surface area contributed by atoms with Gasteiger partial charge in [-0.25, -0.2) is 0 Å². The number of ketones is 1. The Hall–Kier alpha value is -1.11. The molecule has 0 aromatic rings. The van der Waals surface area contributed by atoms with Crippen molar-refractivity contribution in [1.29, 1.82) is 0 Å². The molecule has 0 heterocycles. The minimum Gasteiger partial charge on any atom is -0.294 e. The Balaban J connectivity index is 1.64. The summed E-state index contributed by atoms with van der Waals surface area (Å²) in [5, 5.41) is 0. The van der Waals surface area contributed by atoms with Crippen molar-refractivity contribution in [3.05, 3.63) is 34.9 Å². The second kappa shape index (κ2) is 4.72. The van der Waals surface area contributed by atoms with Crippen molar-refractivity contribution in [3.63, 3.8) is 0 Å². The monoisotopic (exact) mass is 268 g/mol. The Morgan fingerprint density at radius 2 is 1.90 bits per heavy atom. The molecule has 0 spiro atoms. The van der Waals surface area contributed by atoms with Crippen LogP contribution in [0.3, 0.4) is 0 Å². The molecule has 4 unspecified atom stereocenters. The Morgan fingerprint density at radius 1 is 1.05 bits per heavy atom. The van der Waals surface area contributed by atoms with Gasteiger partial charge < -0.3 is 0 Å². The summed E-state index contributed by atoms with van der Waals surface area (Å²) >= 11 is 0. The average Bonchev–Trinajstić information content (AvgIpc) is 2.91. The minimum atomic E-state index is 0.229. The van der Waals surface area contributed by atoms with Gasteiger partial charge in [-0.2, -0.15) is 0 Å². The topological polar surface area (TPSA) is 17.1 Å². The summed E-state index contributed by atoms with van der Waals surface area (Å²) in [6.45, 7) is 1.70.